The lowest BCUT2D eigenvalue weighted by Crippen LogP contribution is -2.39. The Balaban J connectivity index is 1.70. The average Bonchev–Trinajstić information content (AvgIpc) is 3.22. The van der Waals surface area contributed by atoms with Gasteiger partial charge in [-0.15, -0.1) is 0 Å². The molecule has 1 atom stereocenters. The van der Waals surface area contributed by atoms with Gasteiger partial charge in [-0.25, -0.2) is 9.79 Å². The molecule has 0 amide bonds. The van der Waals surface area contributed by atoms with Crippen LogP contribution >= 0.6 is 11.3 Å². The van der Waals surface area contributed by atoms with Crippen LogP contribution in [0.15, 0.2) is 75.2 Å². The van der Waals surface area contributed by atoms with Crippen molar-refractivity contribution in [1.82, 2.24) is 4.57 Å². The zero-order chi connectivity index (χ0) is 25.9. The SMILES string of the molecule is CCOC(=O)C=c1sc2n(c1=O)C(c1ccc(OC)cc1)C1=C(N=2)C(=Cc2ccc(OC)cc2)CCC1. The van der Waals surface area contributed by atoms with Gasteiger partial charge in [0.25, 0.3) is 5.56 Å². The molecule has 0 radical (unpaired) electrons. The maximum Gasteiger partial charge on any atom is 0.332 e. The predicted molar refractivity (Wildman–Crippen MR) is 143 cm³/mol. The highest BCUT2D eigenvalue weighted by atomic mass is 32.1. The molecule has 8 heteroatoms. The standard InChI is InChI=1S/C29H28N2O5S/c1-4-36-25(32)17-24-28(33)31-27(19-10-14-22(35-3)15-11-19)23-7-5-6-20(26(23)30-29(31)37-24)16-18-8-12-21(34-2)13-9-18/h8-17,27H,4-7H2,1-3H3. The van der Waals surface area contributed by atoms with Crippen molar-refractivity contribution in [2.45, 2.75) is 32.2 Å². The number of ether oxygens (including phenoxy) is 3. The summed E-state index contributed by atoms with van der Waals surface area (Å²) in [6, 6.07) is 15.4. The number of fused-ring (bicyclic) bond motifs is 1. The van der Waals surface area contributed by atoms with E-state index in [-0.39, 0.29) is 18.2 Å². The minimum atomic E-state index is -0.530. The Morgan fingerprint density at radius 1 is 1.05 bits per heavy atom. The number of nitrogens with zero attached hydrogens (tertiary/aromatic N) is 2. The van der Waals surface area contributed by atoms with Crippen molar-refractivity contribution in [3.63, 3.8) is 0 Å². The first-order valence-electron chi connectivity index (χ1n) is 12.2. The van der Waals surface area contributed by atoms with Crippen LogP contribution < -0.4 is 24.4 Å². The number of methoxy groups -OCH3 is 2. The molecule has 5 rings (SSSR count). The maximum atomic E-state index is 13.6. The van der Waals surface area contributed by atoms with E-state index in [4.69, 9.17) is 19.2 Å². The third-order valence-corrected chi connectivity index (χ3v) is 7.54. The molecule has 0 fully saturated rings. The van der Waals surface area contributed by atoms with Crippen LogP contribution in [-0.2, 0) is 9.53 Å². The smallest absolute Gasteiger partial charge is 0.332 e. The largest absolute Gasteiger partial charge is 0.497 e. The zero-order valence-corrected chi connectivity index (χ0v) is 21.8. The van der Waals surface area contributed by atoms with Crippen LogP contribution in [-0.4, -0.2) is 31.4 Å². The lowest BCUT2D eigenvalue weighted by Gasteiger charge is -2.31. The average molecular weight is 517 g/mol. The summed E-state index contributed by atoms with van der Waals surface area (Å²) in [7, 11) is 3.28. The molecule has 3 aromatic rings. The third kappa shape index (κ3) is 4.89. The first kappa shape index (κ1) is 24.8. The Morgan fingerprint density at radius 2 is 1.73 bits per heavy atom. The van der Waals surface area contributed by atoms with Crippen LogP contribution in [0, 0.1) is 0 Å². The van der Waals surface area contributed by atoms with Crippen molar-refractivity contribution in [3.05, 3.63) is 96.2 Å². The van der Waals surface area contributed by atoms with Crippen molar-refractivity contribution in [3.8, 4) is 11.5 Å². The summed E-state index contributed by atoms with van der Waals surface area (Å²) in [5.41, 5.74) is 4.95. The molecule has 190 valence electrons. The topological polar surface area (TPSA) is 79.1 Å². The fourth-order valence-electron chi connectivity index (χ4n) is 4.84. The second-order valence-electron chi connectivity index (χ2n) is 8.78. The summed E-state index contributed by atoms with van der Waals surface area (Å²) in [6.45, 7) is 1.98. The van der Waals surface area contributed by atoms with Crippen molar-refractivity contribution >= 4 is 29.5 Å². The molecule has 2 heterocycles. The van der Waals surface area contributed by atoms with E-state index in [1.807, 2.05) is 48.5 Å². The highest BCUT2D eigenvalue weighted by Gasteiger charge is 2.32. The Kier molecular flexibility index (Phi) is 7.10. The predicted octanol–water partition coefficient (Wildman–Crippen LogP) is 4.01. The van der Waals surface area contributed by atoms with Gasteiger partial charge in [0.15, 0.2) is 4.80 Å². The fraction of sp³-hybridized carbons (Fsp3) is 0.276. The summed E-state index contributed by atoms with van der Waals surface area (Å²) in [6.07, 6.45) is 6.11. The van der Waals surface area contributed by atoms with Crippen LogP contribution in [0.5, 0.6) is 11.5 Å². The summed E-state index contributed by atoms with van der Waals surface area (Å²) in [5, 5.41) is 0. The van der Waals surface area contributed by atoms with Gasteiger partial charge in [-0.3, -0.25) is 9.36 Å². The monoisotopic (exact) mass is 516 g/mol. The number of thiazole rings is 1. The molecule has 1 aliphatic carbocycles. The molecule has 0 saturated heterocycles. The van der Waals surface area contributed by atoms with E-state index in [1.54, 1.807) is 25.7 Å². The lowest BCUT2D eigenvalue weighted by molar-refractivity contribution is -0.135. The number of allylic oxidation sites excluding steroid dienone is 2. The molecule has 0 N–H and O–H groups in total. The Hall–Kier alpha value is -3.91. The third-order valence-electron chi connectivity index (χ3n) is 6.56. The highest BCUT2D eigenvalue weighted by Crippen LogP contribution is 2.41. The normalized spacial score (nSPS) is 18.2. The highest BCUT2D eigenvalue weighted by molar-refractivity contribution is 7.07. The van der Waals surface area contributed by atoms with Crippen LogP contribution in [0.2, 0.25) is 0 Å². The van der Waals surface area contributed by atoms with E-state index in [9.17, 15) is 9.59 Å². The summed E-state index contributed by atoms with van der Waals surface area (Å²) >= 11 is 1.22. The van der Waals surface area contributed by atoms with Crippen LogP contribution in [0.3, 0.4) is 0 Å². The molecular weight excluding hydrogens is 488 g/mol. The molecule has 2 aromatic carbocycles. The van der Waals surface area contributed by atoms with Gasteiger partial charge in [0.2, 0.25) is 0 Å². The number of carbonyl (C=O) groups is 1. The molecule has 0 spiro atoms. The molecule has 37 heavy (non-hydrogen) atoms. The summed E-state index contributed by atoms with van der Waals surface area (Å²) < 4.78 is 17.7. The van der Waals surface area contributed by atoms with Crippen molar-refractivity contribution in [2.75, 3.05) is 20.8 Å². The van der Waals surface area contributed by atoms with Gasteiger partial charge in [-0.1, -0.05) is 35.6 Å². The van der Waals surface area contributed by atoms with Gasteiger partial charge in [0.1, 0.15) is 16.0 Å². The first-order chi connectivity index (χ1) is 18.0. The van der Waals surface area contributed by atoms with Gasteiger partial charge in [0.05, 0.1) is 32.6 Å². The van der Waals surface area contributed by atoms with Crippen LogP contribution in [0.25, 0.3) is 12.2 Å². The van der Waals surface area contributed by atoms with Crippen molar-refractivity contribution in [2.24, 2.45) is 4.99 Å². The van der Waals surface area contributed by atoms with Gasteiger partial charge in [0, 0.05) is 6.08 Å². The van der Waals surface area contributed by atoms with Gasteiger partial charge in [-0.05, 0) is 78.8 Å². The van der Waals surface area contributed by atoms with E-state index < -0.39 is 5.97 Å². The minimum absolute atomic E-state index is 0.240. The summed E-state index contributed by atoms with van der Waals surface area (Å²) in [4.78, 5) is 31.3. The first-order valence-corrected chi connectivity index (χ1v) is 13.0. The van der Waals surface area contributed by atoms with Crippen LogP contribution in [0.4, 0.5) is 0 Å². The number of rotatable bonds is 6. The zero-order valence-electron chi connectivity index (χ0n) is 21.0. The Labute approximate surface area is 218 Å². The second-order valence-corrected chi connectivity index (χ2v) is 9.79. The Morgan fingerprint density at radius 3 is 2.38 bits per heavy atom. The number of hydrogen-bond acceptors (Lipinski definition) is 7. The van der Waals surface area contributed by atoms with Gasteiger partial charge >= 0.3 is 5.97 Å². The number of benzene rings is 2. The van der Waals surface area contributed by atoms with Gasteiger partial charge < -0.3 is 14.2 Å². The maximum absolute atomic E-state index is 13.6. The number of esters is 1. The van der Waals surface area contributed by atoms with Crippen molar-refractivity contribution < 1.29 is 19.0 Å². The van der Waals surface area contributed by atoms with E-state index in [0.29, 0.717) is 9.33 Å². The fourth-order valence-corrected chi connectivity index (χ4v) is 5.80. The molecule has 1 aliphatic heterocycles. The van der Waals surface area contributed by atoms with E-state index >= 15 is 0 Å². The molecule has 0 bridgehead atoms. The molecule has 7 nitrogen and oxygen atoms in total. The number of carbonyl (C=O) groups excluding carboxylic acids is 1. The van der Waals surface area contributed by atoms with E-state index in [2.05, 4.69) is 6.08 Å². The van der Waals surface area contributed by atoms with Crippen LogP contribution in [0.1, 0.15) is 43.4 Å². The van der Waals surface area contributed by atoms with Gasteiger partial charge in [-0.2, -0.15) is 0 Å². The van der Waals surface area contributed by atoms with E-state index in [0.717, 1.165) is 58.7 Å². The molecular formula is C29H28N2O5S. The molecule has 0 saturated carbocycles. The Bertz CT molecular complexity index is 1560. The quantitative estimate of drug-likeness (QED) is 0.463. The minimum Gasteiger partial charge on any atom is -0.497 e. The lowest BCUT2D eigenvalue weighted by atomic mass is 9.84. The second kappa shape index (κ2) is 10.6. The number of hydrogen-bond donors (Lipinski definition) is 0. The van der Waals surface area contributed by atoms with E-state index in [1.165, 1.54) is 17.4 Å². The molecule has 2 aliphatic rings. The van der Waals surface area contributed by atoms with Crippen molar-refractivity contribution in [1.29, 1.82) is 0 Å². The number of aromatic nitrogens is 1. The molecule has 1 aromatic heterocycles. The summed E-state index contributed by atoms with van der Waals surface area (Å²) in [5.74, 6) is 1.02. The molecule has 1 unspecified atom stereocenters.